The molecule has 8 heteroatoms. The first-order valence-electron chi connectivity index (χ1n) is 8.74. The zero-order valence-corrected chi connectivity index (χ0v) is 16.2. The summed E-state index contributed by atoms with van der Waals surface area (Å²) in [6.07, 6.45) is 4.77. The number of para-hydroxylation sites is 1. The van der Waals surface area contributed by atoms with Gasteiger partial charge in [-0.1, -0.05) is 18.2 Å². The second-order valence-electron chi connectivity index (χ2n) is 6.31. The molecule has 1 fully saturated rings. The Morgan fingerprint density at radius 1 is 1.03 bits per heavy atom. The van der Waals surface area contributed by atoms with Crippen LogP contribution in [0.3, 0.4) is 0 Å². The van der Waals surface area contributed by atoms with Crippen LogP contribution in [0.2, 0.25) is 0 Å². The van der Waals surface area contributed by atoms with Crippen molar-refractivity contribution in [2.24, 2.45) is 7.05 Å². The molecule has 2 amide bonds. The number of nitrogens with one attached hydrogen (secondary N) is 1. The molecule has 144 valence electrons. The maximum Gasteiger partial charge on any atom is 0.270 e. The van der Waals surface area contributed by atoms with Crippen LogP contribution in [0, 0.1) is 0 Å². The summed E-state index contributed by atoms with van der Waals surface area (Å²) in [6.45, 7) is 0. The van der Waals surface area contributed by atoms with Gasteiger partial charge in [-0.25, -0.2) is 0 Å². The second kappa shape index (κ2) is 7.69. The topological polar surface area (TPSA) is 76.5 Å². The number of anilines is 1. The molecule has 1 N–H and O–H groups in total. The highest BCUT2D eigenvalue weighted by molar-refractivity contribution is 7.80. The summed E-state index contributed by atoms with van der Waals surface area (Å²) in [6, 6.07) is 16.3. The number of benzene rings is 2. The normalized spacial score (nSPS) is 15.6. The summed E-state index contributed by atoms with van der Waals surface area (Å²) in [4.78, 5) is 26.6. The minimum Gasteiger partial charge on any atom is -0.457 e. The minimum absolute atomic E-state index is 0.0174. The standard InChI is InChI=1S/C21H16N4O3S/c1-24-13-14(12-22-24)11-18-19(26)23-21(29)25(20(18)27)15-7-9-17(10-8-15)28-16-5-3-2-4-6-16/h2-13H,1H3,(H,23,26,29). The Hall–Kier alpha value is -3.78. The van der Waals surface area contributed by atoms with E-state index < -0.39 is 11.8 Å². The lowest BCUT2D eigenvalue weighted by atomic mass is 10.1. The van der Waals surface area contributed by atoms with Crippen LogP contribution >= 0.6 is 12.2 Å². The summed E-state index contributed by atoms with van der Waals surface area (Å²) in [5.74, 6) is 0.285. The van der Waals surface area contributed by atoms with Gasteiger partial charge in [0.15, 0.2) is 5.11 Å². The van der Waals surface area contributed by atoms with E-state index in [1.807, 2.05) is 30.3 Å². The lowest BCUT2D eigenvalue weighted by Gasteiger charge is -2.28. The molecule has 1 aliphatic heterocycles. The number of rotatable bonds is 4. The van der Waals surface area contributed by atoms with Crippen LogP contribution in [0.15, 0.2) is 72.6 Å². The van der Waals surface area contributed by atoms with E-state index in [1.54, 1.807) is 48.4 Å². The second-order valence-corrected chi connectivity index (χ2v) is 6.70. The van der Waals surface area contributed by atoms with Crippen molar-refractivity contribution >= 4 is 40.9 Å². The molecular weight excluding hydrogens is 388 g/mol. The molecule has 3 aromatic rings. The molecule has 1 aliphatic rings. The van der Waals surface area contributed by atoms with Gasteiger partial charge < -0.3 is 4.74 Å². The molecule has 2 heterocycles. The van der Waals surface area contributed by atoms with Crippen molar-refractivity contribution in [1.29, 1.82) is 0 Å². The molecule has 0 saturated carbocycles. The van der Waals surface area contributed by atoms with Crippen molar-refractivity contribution in [2.75, 3.05) is 4.90 Å². The largest absolute Gasteiger partial charge is 0.457 e. The summed E-state index contributed by atoms with van der Waals surface area (Å²) >= 11 is 5.22. The first-order valence-corrected chi connectivity index (χ1v) is 9.15. The van der Waals surface area contributed by atoms with Crippen LogP contribution in [0.4, 0.5) is 5.69 Å². The fourth-order valence-corrected chi connectivity index (χ4v) is 3.14. The van der Waals surface area contributed by atoms with E-state index >= 15 is 0 Å². The molecule has 0 unspecified atom stereocenters. The van der Waals surface area contributed by atoms with E-state index in [9.17, 15) is 9.59 Å². The van der Waals surface area contributed by atoms with Gasteiger partial charge in [0.05, 0.1) is 11.9 Å². The van der Waals surface area contributed by atoms with Crippen molar-refractivity contribution in [3.63, 3.8) is 0 Å². The number of carbonyl (C=O) groups excluding carboxylic acids is 2. The fraction of sp³-hybridized carbons (Fsp3) is 0.0476. The monoisotopic (exact) mass is 404 g/mol. The maximum absolute atomic E-state index is 13.0. The van der Waals surface area contributed by atoms with Gasteiger partial charge in [0.1, 0.15) is 17.1 Å². The predicted octanol–water partition coefficient (Wildman–Crippen LogP) is 3.04. The number of aryl methyl sites for hydroxylation is 1. The Bertz CT molecular complexity index is 1120. The summed E-state index contributed by atoms with van der Waals surface area (Å²) in [5, 5.41) is 6.63. The van der Waals surface area contributed by atoms with E-state index in [2.05, 4.69) is 10.4 Å². The predicted molar refractivity (Wildman–Crippen MR) is 112 cm³/mol. The molecule has 1 saturated heterocycles. The number of thiocarbonyl (C=S) groups is 1. The minimum atomic E-state index is -0.538. The molecule has 29 heavy (non-hydrogen) atoms. The quantitative estimate of drug-likeness (QED) is 0.411. The molecule has 0 atom stereocenters. The number of hydrogen-bond donors (Lipinski definition) is 1. The highest BCUT2D eigenvalue weighted by Crippen LogP contribution is 2.27. The molecule has 0 spiro atoms. The summed E-state index contributed by atoms with van der Waals surface area (Å²) in [5.41, 5.74) is 1.15. The van der Waals surface area contributed by atoms with Crippen molar-refractivity contribution < 1.29 is 14.3 Å². The Morgan fingerprint density at radius 2 is 1.72 bits per heavy atom. The molecular formula is C21H16N4O3S. The average Bonchev–Trinajstić information content (AvgIpc) is 3.12. The van der Waals surface area contributed by atoms with E-state index in [1.165, 1.54) is 11.0 Å². The third kappa shape index (κ3) is 3.92. The Balaban J connectivity index is 1.59. The first kappa shape index (κ1) is 18.6. The van der Waals surface area contributed by atoms with Gasteiger partial charge in [-0.3, -0.25) is 24.5 Å². The van der Waals surface area contributed by atoms with Crippen LogP contribution in [0.1, 0.15) is 5.56 Å². The van der Waals surface area contributed by atoms with Gasteiger partial charge in [-0.15, -0.1) is 0 Å². The van der Waals surface area contributed by atoms with Crippen molar-refractivity contribution in [2.45, 2.75) is 0 Å². The molecule has 7 nitrogen and oxygen atoms in total. The van der Waals surface area contributed by atoms with E-state index in [-0.39, 0.29) is 10.7 Å². The van der Waals surface area contributed by atoms with Crippen LogP contribution in [0.25, 0.3) is 6.08 Å². The van der Waals surface area contributed by atoms with Gasteiger partial charge in [0.25, 0.3) is 11.8 Å². The van der Waals surface area contributed by atoms with Gasteiger partial charge in [0, 0.05) is 18.8 Å². The van der Waals surface area contributed by atoms with Crippen LogP contribution in [-0.4, -0.2) is 26.7 Å². The van der Waals surface area contributed by atoms with Crippen molar-refractivity contribution in [3.8, 4) is 11.5 Å². The molecule has 2 aromatic carbocycles. The van der Waals surface area contributed by atoms with Gasteiger partial charge >= 0.3 is 0 Å². The Kier molecular flexibility index (Phi) is 4.92. The van der Waals surface area contributed by atoms with E-state index in [0.29, 0.717) is 22.7 Å². The zero-order chi connectivity index (χ0) is 20.4. The number of aromatic nitrogens is 2. The average molecular weight is 404 g/mol. The lowest BCUT2D eigenvalue weighted by Crippen LogP contribution is -2.54. The van der Waals surface area contributed by atoms with E-state index in [4.69, 9.17) is 17.0 Å². The smallest absolute Gasteiger partial charge is 0.270 e. The van der Waals surface area contributed by atoms with Crippen LogP contribution < -0.4 is 15.0 Å². The molecule has 4 rings (SSSR count). The van der Waals surface area contributed by atoms with E-state index in [0.717, 1.165) is 0 Å². The van der Waals surface area contributed by atoms with Crippen molar-refractivity contribution in [3.05, 3.63) is 78.1 Å². The fourth-order valence-electron chi connectivity index (χ4n) is 2.86. The first-order chi connectivity index (χ1) is 14.0. The molecule has 0 bridgehead atoms. The van der Waals surface area contributed by atoms with Gasteiger partial charge in [-0.2, -0.15) is 5.10 Å². The number of nitrogens with zero attached hydrogens (tertiary/aromatic N) is 3. The third-order valence-electron chi connectivity index (χ3n) is 4.21. The van der Waals surface area contributed by atoms with Gasteiger partial charge in [0.2, 0.25) is 0 Å². The summed E-state index contributed by atoms with van der Waals surface area (Å²) < 4.78 is 7.36. The summed E-state index contributed by atoms with van der Waals surface area (Å²) in [7, 11) is 1.76. The number of hydrogen-bond acceptors (Lipinski definition) is 5. The SMILES string of the molecule is Cn1cc(C=C2C(=O)NC(=S)N(c3ccc(Oc4ccccc4)cc3)C2=O)cn1. The molecule has 0 aliphatic carbocycles. The number of carbonyl (C=O) groups is 2. The number of amides is 2. The Labute approximate surface area is 172 Å². The molecule has 0 radical (unpaired) electrons. The van der Waals surface area contributed by atoms with Crippen LogP contribution in [0.5, 0.6) is 11.5 Å². The van der Waals surface area contributed by atoms with Crippen molar-refractivity contribution in [1.82, 2.24) is 15.1 Å². The maximum atomic E-state index is 13.0. The van der Waals surface area contributed by atoms with Crippen LogP contribution in [-0.2, 0) is 16.6 Å². The lowest BCUT2D eigenvalue weighted by molar-refractivity contribution is -0.122. The Morgan fingerprint density at radius 3 is 2.38 bits per heavy atom. The highest BCUT2D eigenvalue weighted by Gasteiger charge is 2.34. The molecule has 1 aromatic heterocycles. The third-order valence-corrected chi connectivity index (χ3v) is 4.50. The zero-order valence-electron chi connectivity index (χ0n) is 15.4. The highest BCUT2D eigenvalue weighted by atomic mass is 32.1. The number of ether oxygens (including phenoxy) is 1. The van der Waals surface area contributed by atoms with Gasteiger partial charge in [-0.05, 0) is 54.7 Å².